The minimum absolute atomic E-state index is 0.152. The van der Waals surface area contributed by atoms with Crippen LogP contribution in [0.25, 0.3) is 11.1 Å². The topological polar surface area (TPSA) is 65.9 Å². The van der Waals surface area contributed by atoms with Crippen LogP contribution in [0, 0.1) is 18.3 Å². The normalized spacial score (nSPS) is 10.5. The molecule has 4 nitrogen and oxygen atoms in total. The SMILES string of the molecule is CCCCCOCc1ccc(-c2cc(C)[nH]c(=O)c2C#N)cc1. The van der Waals surface area contributed by atoms with Crippen molar-refractivity contribution in [3.05, 3.63) is 57.5 Å². The lowest BCUT2D eigenvalue weighted by Crippen LogP contribution is -2.12. The van der Waals surface area contributed by atoms with Gasteiger partial charge >= 0.3 is 0 Å². The first kappa shape index (κ1) is 17.0. The number of H-pyrrole nitrogens is 1. The lowest BCUT2D eigenvalue weighted by Gasteiger charge is -2.08. The smallest absolute Gasteiger partial charge is 0.266 e. The number of nitrogens with zero attached hydrogens (tertiary/aromatic N) is 1. The molecular weight excluding hydrogens is 288 g/mol. The highest BCUT2D eigenvalue weighted by Crippen LogP contribution is 2.22. The third kappa shape index (κ3) is 4.54. The third-order valence-electron chi connectivity index (χ3n) is 3.71. The lowest BCUT2D eigenvalue weighted by molar-refractivity contribution is 0.117. The molecule has 0 atom stereocenters. The first-order chi connectivity index (χ1) is 11.2. The molecule has 23 heavy (non-hydrogen) atoms. The average molecular weight is 310 g/mol. The van der Waals surface area contributed by atoms with E-state index in [2.05, 4.69) is 11.9 Å². The molecule has 0 fully saturated rings. The van der Waals surface area contributed by atoms with Gasteiger partial charge in [0, 0.05) is 17.9 Å². The predicted octanol–water partition coefficient (Wildman–Crippen LogP) is 3.93. The first-order valence-corrected chi connectivity index (χ1v) is 7.96. The van der Waals surface area contributed by atoms with Gasteiger partial charge in [0.15, 0.2) is 0 Å². The highest BCUT2D eigenvalue weighted by Gasteiger charge is 2.10. The Morgan fingerprint density at radius 2 is 1.96 bits per heavy atom. The quantitative estimate of drug-likeness (QED) is 0.788. The van der Waals surface area contributed by atoms with E-state index in [0.717, 1.165) is 29.8 Å². The van der Waals surface area contributed by atoms with Gasteiger partial charge < -0.3 is 9.72 Å². The summed E-state index contributed by atoms with van der Waals surface area (Å²) in [5.41, 5.74) is 3.18. The van der Waals surface area contributed by atoms with Crippen molar-refractivity contribution in [3.63, 3.8) is 0 Å². The van der Waals surface area contributed by atoms with Crippen molar-refractivity contribution in [1.82, 2.24) is 4.98 Å². The Bertz CT molecular complexity index is 739. The van der Waals surface area contributed by atoms with Crippen molar-refractivity contribution in [2.75, 3.05) is 6.61 Å². The maximum absolute atomic E-state index is 11.9. The van der Waals surface area contributed by atoms with Crippen LogP contribution in [0.2, 0.25) is 0 Å². The van der Waals surface area contributed by atoms with E-state index in [9.17, 15) is 10.1 Å². The van der Waals surface area contributed by atoms with Crippen LogP contribution in [0.3, 0.4) is 0 Å². The molecule has 2 aromatic rings. The number of unbranched alkanes of at least 4 members (excludes halogenated alkanes) is 2. The molecule has 0 aliphatic heterocycles. The molecule has 0 unspecified atom stereocenters. The van der Waals surface area contributed by atoms with Crippen molar-refractivity contribution in [2.45, 2.75) is 39.7 Å². The first-order valence-electron chi connectivity index (χ1n) is 7.96. The average Bonchev–Trinajstić information content (AvgIpc) is 2.54. The molecule has 0 aliphatic carbocycles. The van der Waals surface area contributed by atoms with Gasteiger partial charge in [0.05, 0.1) is 6.61 Å². The number of benzene rings is 1. The number of hydrogen-bond donors (Lipinski definition) is 1. The maximum Gasteiger partial charge on any atom is 0.266 e. The van der Waals surface area contributed by atoms with Crippen LogP contribution < -0.4 is 5.56 Å². The summed E-state index contributed by atoms with van der Waals surface area (Å²) in [6, 6.07) is 11.6. The fraction of sp³-hybridized carbons (Fsp3) is 0.368. The van der Waals surface area contributed by atoms with E-state index < -0.39 is 0 Å². The summed E-state index contributed by atoms with van der Waals surface area (Å²) < 4.78 is 5.64. The Morgan fingerprint density at radius 3 is 2.61 bits per heavy atom. The second-order valence-electron chi connectivity index (χ2n) is 5.64. The van der Waals surface area contributed by atoms with Crippen LogP contribution in [-0.4, -0.2) is 11.6 Å². The lowest BCUT2D eigenvalue weighted by atomic mass is 10.00. The van der Waals surface area contributed by atoms with E-state index in [1.54, 1.807) is 0 Å². The van der Waals surface area contributed by atoms with Gasteiger partial charge in [0.2, 0.25) is 0 Å². The molecule has 1 aromatic carbocycles. The van der Waals surface area contributed by atoms with E-state index in [1.807, 2.05) is 43.3 Å². The Labute approximate surface area is 136 Å². The molecule has 120 valence electrons. The maximum atomic E-state index is 11.9. The minimum Gasteiger partial charge on any atom is -0.377 e. The number of aryl methyl sites for hydroxylation is 1. The molecule has 0 aliphatic rings. The number of ether oxygens (including phenoxy) is 1. The molecule has 0 saturated carbocycles. The Morgan fingerprint density at radius 1 is 1.22 bits per heavy atom. The van der Waals surface area contributed by atoms with Gasteiger partial charge in [-0.2, -0.15) is 5.26 Å². The molecule has 1 aromatic heterocycles. The number of aromatic nitrogens is 1. The minimum atomic E-state index is -0.342. The van der Waals surface area contributed by atoms with Gasteiger partial charge in [-0.3, -0.25) is 4.79 Å². The number of nitriles is 1. The van der Waals surface area contributed by atoms with Crippen molar-refractivity contribution in [1.29, 1.82) is 5.26 Å². The zero-order chi connectivity index (χ0) is 16.7. The zero-order valence-electron chi connectivity index (χ0n) is 13.7. The standard InChI is InChI=1S/C19H22N2O2/c1-3-4-5-10-23-13-15-6-8-16(9-7-15)17-11-14(2)21-19(22)18(17)12-20/h6-9,11H,3-5,10,13H2,1-2H3,(H,21,22). The molecule has 0 amide bonds. The molecule has 1 heterocycles. The number of pyridine rings is 1. The molecular formula is C19H22N2O2. The van der Waals surface area contributed by atoms with E-state index in [4.69, 9.17) is 4.74 Å². The third-order valence-corrected chi connectivity index (χ3v) is 3.71. The Hall–Kier alpha value is -2.38. The second-order valence-corrected chi connectivity index (χ2v) is 5.64. The summed E-state index contributed by atoms with van der Waals surface area (Å²) in [7, 11) is 0. The van der Waals surface area contributed by atoms with Crippen molar-refractivity contribution in [3.8, 4) is 17.2 Å². The van der Waals surface area contributed by atoms with Gasteiger partial charge in [-0.25, -0.2) is 0 Å². The fourth-order valence-corrected chi connectivity index (χ4v) is 2.45. The van der Waals surface area contributed by atoms with E-state index in [-0.39, 0.29) is 11.1 Å². The number of hydrogen-bond acceptors (Lipinski definition) is 3. The fourth-order valence-electron chi connectivity index (χ4n) is 2.45. The highest BCUT2D eigenvalue weighted by atomic mass is 16.5. The van der Waals surface area contributed by atoms with Gasteiger partial charge in [0.1, 0.15) is 11.6 Å². The number of rotatable bonds is 7. The molecule has 0 bridgehead atoms. The van der Waals surface area contributed by atoms with Crippen LogP contribution in [-0.2, 0) is 11.3 Å². The Kier molecular flexibility index (Phi) is 6.13. The van der Waals surface area contributed by atoms with Gasteiger partial charge in [-0.1, -0.05) is 44.0 Å². The van der Waals surface area contributed by atoms with Crippen molar-refractivity contribution < 1.29 is 4.74 Å². The van der Waals surface area contributed by atoms with Crippen molar-refractivity contribution in [2.24, 2.45) is 0 Å². The van der Waals surface area contributed by atoms with E-state index >= 15 is 0 Å². The van der Waals surface area contributed by atoms with Crippen LogP contribution in [0.15, 0.2) is 35.1 Å². The summed E-state index contributed by atoms with van der Waals surface area (Å²) in [5.74, 6) is 0. The summed E-state index contributed by atoms with van der Waals surface area (Å²) >= 11 is 0. The van der Waals surface area contributed by atoms with E-state index in [1.165, 1.54) is 12.8 Å². The molecule has 0 spiro atoms. The van der Waals surface area contributed by atoms with Gasteiger partial charge in [-0.05, 0) is 30.5 Å². The van der Waals surface area contributed by atoms with Crippen LogP contribution in [0.5, 0.6) is 0 Å². The van der Waals surface area contributed by atoms with Crippen LogP contribution >= 0.6 is 0 Å². The van der Waals surface area contributed by atoms with E-state index in [0.29, 0.717) is 12.2 Å². The molecule has 0 radical (unpaired) electrons. The number of aromatic amines is 1. The molecule has 1 N–H and O–H groups in total. The molecule has 4 heteroatoms. The Balaban J connectivity index is 2.11. The van der Waals surface area contributed by atoms with Gasteiger partial charge in [-0.15, -0.1) is 0 Å². The predicted molar refractivity (Wildman–Crippen MR) is 91.1 cm³/mol. The monoisotopic (exact) mass is 310 g/mol. The zero-order valence-corrected chi connectivity index (χ0v) is 13.7. The van der Waals surface area contributed by atoms with Crippen molar-refractivity contribution >= 4 is 0 Å². The summed E-state index contributed by atoms with van der Waals surface area (Å²) in [6.45, 7) is 5.35. The summed E-state index contributed by atoms with van der Waals surface area (Å²) in [4.78, 5) is 14.5. The summed E-state index contributed by atoms with van der Waals surface area (Å²) in [5, 5.41) is 9.20. The summed E-state index contributed by atoms with van der Waals surface area (Å²) in [6.07, 6.45) is 3.47. The largest absolute Gasteiger partial charge is 0.377 e. The molecule has 0 saturated heterocycles. The van der Waals surface area contributed by atoms with Crippen LogP contribution in [0.1, 0.15) is 43.0 Å². The number of nitrogens with one attached hydrogen (secondary N) is 1. The highest BCUT2D eigenvalue weighted by molar-refractivity contribution is 5.70. The van der Waals surface area contributed by atoms with Crippen LogP contribution in [0.4, 0.5) is 0 Å². The molecule has 2 rings (SSSR count). The van der Waals surface area contributed by atoms with Gasteiger partial charge in [0.25, 0.3) is 5.56 Å². The second kappa shape index (κ2) is 8.30.